The standard InChI is InChI=1S/C16H25N5O2/c22-15(23)19-7-5-16(6-8-19)3-1-13(2-4-16)20-9-10-21-14(11-20)17-12-18-21/h12-13H,1-11H2,(H,22,23). The molecule has 7 nitrogen and oxygen atoms in total. The van der Waals surface area contributed by atoms with Crippen LogP contribution in [0.25, 0.3) is 0 Å². The van der Waals surface area contributed by atoms with E-state index in [1.165, 1.54) is 25.7 Å². The van der Waals surface area contributed by atoms with Gasteiger partial charge in [0.2, 0.25) is 0 Å². The molecule has 3 heterocycles. The van der Waals surface area contributed by atoms with Crippen molar-refractivity contribution in [3.63, 3.8) is 0 Å². The Morgan fingerprint density at radius 1 is 1.13 bits per heavy atom. The molecule has 3 aliphatic rings. The molecule has 2 fully saturated rings. The van der Waals surface area contributed by atoms with Gasteiger partial charge in [0.15, 0.2) is 0 Å². The van der Waals surface area contributed by atoms with Crippen LogP contribution in [0.3, 0.4) is 0 Å². The van der Waals surface area contributed by atoms with E-state index in [1.807, 2.05) is 4.68 Å². The minimum Gasteiger partial charge on any atom is -0.465 e. The summed E-state index contributed by atoms with van der Waals surface area (Å²) >= 11 is 0. The molecule has 2 aliphatic heterocycles. The van der Waals surface area contributed by atoms with E-state index in [0.29, 0.717) is 24.5 Å². The summed E-state index contributed by atoms with van der Waals surface area (Å²) in [6.45, 7) is 4.37. The molecule has 1 aliphatic carbocycles. The van der Waals surface area contributed by atoms with Crippen LogP contribution < -0.4 is 0 Å². The van der Waals surface area contributed by atoms with E-state index in [2.05, 4.69) is 15.0 Å². The van der Waals surface area contributed by atoms with E-state index in [0.717, 1.165) is 38.3 Å². The third kappa shape index (κ3) is 2.82. The summed E-state index contributed by atoms with van der Waals surface area (Å²) in [6.07, 6.45) is 7.95. The number of rotatable bonds is 1. The monoisotopic (exact) mass is 319 g/mol. The van der Waals surface area contributed by atoms with Crippen molar-refractivity contribution in [2.45, 2.75) is 57.7 Å². The van der Waals surface area contributed by atoms with Crippen molar-refractivity contribution in [1.82, 2.24) is 24.6 Å². The lowest BCUT2D eigenvalue weighted by atomic mass is 9.66. The minimum absolute atomic E-state index is 0.401. The summed E-state index contributed by atoms with van der Waals surface area (Å²) in [5, 5.41) is 13.4. The molecule has 126 valence electrons. The van der Waals surface area contributed by atoms with Gasteiger partial charge in [-0.2, -0.15) is 5.10 Å². The second kappa shape index (κ2) is 5.78. The molecule has 0 bridgehead atoms. The number of aromatic nitrogens is 3. The summed E-state index contributed by atoms with van der Waals surface area (Å²) in [7, 11) is 0. The van der Waals surface area contributed by atoms with Gasteiger partial charge in [-0.1, -0.05) is 0 Å². The fourth-order valence-corrected chi connectivity index (χ4v) is 4.65. The Morgan fingerprint density at radius 3 is 2.57 bits per heavy atom. The molecular formula is C16H25N5O2. The molecule has 1 saturated carbocycles. The van der Waals surface area contributed by atoms with Gasteiger partial charge in [-0.3, -0.25) is 4.90 Å². The highest BCUT2D eigenvalue weighted by Gasteiger charge is 2.40. The predicted octanol–water partition coefficient (Wildman–Crippen LogP) is 1.80. The van der Waals surface area contributed by atoms with E-state index in [4.69, 9.17) is 5.11 Å². The van der Waals surface area contributed by atoms with E-state index in [1.54, 1.807) is 11.2 Å². The first-order valence-corrected chi connectivity index (χ1v) is 8.74. The molecule has 1 amide bonds. The Balaban J connectivity index is 1.32. The molecule has 0 atom stereocenters. The van der Waals surface area contributed by atoms with E-state index in [9.17, 15) is 4.79 Å². The molecule has 23 heavy (non-hydrogen) atoms. The van der Waals surface area contributed by atoms with Gasteiger partial charge >= 0.3 is 6.09 Å². The number of hydrogen-bond acceptors (Lipinski definition) is 4. The topological polar surface area (TPSA) is 74.5 Å². The van der Waals surface area contributed by atoms with Crippen molar-refractivity contribution < 1.29 is 9.90 Å². The second-order valence-corrected chi connectivity index (χ2v) is 7.37. The van der Waals surface area contributed by atoms with Crippen LogP contribution in [0.4, 0.5) is 4.79 Å². The van der Waals surface area contributed by atoms with Gasteiger partial charge in [0.05, 0.1) is 13.1 Å². The third-order valence-electron chi connectivity index (χ3n) is 6.27. The normalized spacial score (nSPS) is 25.5. The average Bonchev–Trinajstić information content (AvgIpc) is 3.03. The Morgan fingerprint density at radius 2 is 1.87 bits per heavy atom. The zero-order valence-electron chi connectivity index (χ0n) is 13.5. The molecular weight excluding hydrogens is 294 g/mol. The van der Waals surface area contributed by atoms with Gasteiger partial charge < -0.3 is 10.0 Å². The number of nitrogens with zero attached hydrogens (tertiary/aromatic N) is 5. The first-order chi connectivity index (χ1) is 11.2. The molecule has 7 heteroatoms. The van der Waals surface area contributed by atoms with Crippen LogP contribution in [0.2, 0.25) is 0 Å². The van der Waals surface area contributed by atoms with Crippen molar-refractivity contribution in [1.29, 1.82) is 0 Å². The first kappa shape index (κ1) is 14.9. The van der Waals surface area contributed by atoms with E-state index < -0.39 is 6.09 Å². The zero-order valence-corrected chi connectivity index (χ0v) is 13.5. The highest BCUT2D eigenvalue weighted by Crippen LogP contribution is 2.45. The molecule has 0 radical (unpaired) electrons. The van der Waals surface area contributed by atoms with Gasteiger partial charge in [0.1, 0.15) is 12.2 Å². The maximum absolute atomic E-state index is 11.1. The van der Waals surface area contributed by atoms with Gasteiger partial charge in [-0.05, 0) is 43.9 Å². The van der Waals surface area contributed by atoms with Crippen LogP contribution in [-0.2, 0) is 13.1 Å². The van der Waals surface area contributed by atoms with Gasteiger partial charge in [0, 0.05) is 25.7 Å². The van der Waals surface area contributed by atoms with Crippen LogP contribution >= 0.6 is 0 Å². The molecule has 1 saturated heterocycles. The quantitative estimate of drug-likeness (QED) is 0.854. The maximum Gasteiger partial charge on any atom is 0.407 e. The number of hydrogen-bond donors (Lipinski definition) is 1. The summed E-state index contributed by atoms with van der Waals surface area (Å²) in [4.78, 5) is 19.6. The fraction of sp³-hybridized carbons (Fsp3) is 0.812. The molecule has 0 aromatic carbocycles. The van der Waals surface area contributed by atoms with E-state index in [-0.39, 0.29) is 0 Å². The molecule has 0 unspecified atom stereocenters. The van der Waals surface area contributed by atoms with Crippen molar-refractivity contribution in [2.24, 2.45) is 5.41 Å². The number of fused-ring (bicyclic) bond motifs is 1. The van der Waals surface area contributed by atoms with Crippen LogP contribution in [0.1, 0.15) is 44.3 Å². The fourth-order valence-electron chi connectivity index (χ4n) is 4.65. The lowest BCUT2D eigenvalue weighted by molar-refractivity contribution is 0.0259. The Hall–Kier alpha value is -1.63. The predicted molar refractivity (Wildman–Crippen MR) is 84.0 cm³/mol. The Labute approximate surface area is 136 Å². The van der Waals surface area contributed by atoms with Crippen molar-refractivity contribution in [3.8, 4) is 0 Å². The summed E-state index contributed by atoms with van der Waals surface area (Å²) in [5.74, 6) is 1.09. The zero-order chi connectivity index (χ0) is 15.9. The molecule has 1 aromatic heterocycles. The Kier molecular flexibility index (Phi) is 3.75. The summed E-state index contributed by atoms with van der Waals surface area (Å²) in [6, 6.07) is 0.656. The third-order valence-corrected chi connectivity index (χ3v) is 6.27. The Bertz CT molecular complexity index is 569. The highest BCUT2D eigenvalue weighted by atomic mass is 16.4. The number of carboxylic acid groups (broad SMARTS) is 1. The highest BCUT2D eigenvalue weighted by molar-refractivity contribution is 5.65. The van der Waals surface area contributed by atoms with Gasteiger partial charge in [-0.15, -0.1) is 0 Å². The number of amides is 1. The lowest BCUT2D eigenvalue weighted by Gasteiger charge is -2.47. The summed E-state index contributed by atoms with van der Waals surface area (Å²) in [5.41, 5.74) is 0.401. The maximum atomic E-state index is 11.1. The van der Waals surface area contributed by atoms with Gasteiger partial charge in [0.25, 0.3) is 0 Å². The van der Waals surface area contributed by atoms with Crippen LogP contribution in [0.15, 0.2) is 6.33 Å². The summed E-state index contributed by atoms with van der Waals surface area (Å²) < 4.78 is 2.02. The molecule has 1 N–H and O–H groups in total. The minimum atomic E-state index is -0.758. The van der Waals surface area contributed by atoms with Crippen LogP contribution in [0.5, 0.6) is 0 Å². The van der Waals surface area contributed by atoms with Crippen molar-refractivity contribution in [2.75, 3.05) is 19.6 Å². The van der Waals surface area contributed by atoms with Crippen molar-refractivity contribution >= 4 is 6.09 Å². The SMILES string of the molecule is O=C(O)N1CCC2(CCC(N3CCn4ncnc4C3)CC2)CC1. The molecule has 1 aromatic rings. The number of piperidine rings is 1. The van der Waals surface area contributed by atoms with E-state index >= 15 is 0 Å². The molecule has 4 rings (SSSR count). The number of carbonyl (C=O) groups is 1. The number of likely N-dealkylation sites (tertiary alicyclic amines) is 1. The van der Waals surface area contributed by atoms with Crippen molar-refractivity contribution in [3.05, 3.63) is 12.2 Å². The lowest BCUT2D eigenvalue weighted by Crippen LogP contribution is -2.48. The smallest absolute Gasteiger partial charge is 0.407 e. The second-order valence-electron chi connectivity index (χ2n) is 7.37. The van der Waals surface area contributed by atoms with Gasteiger partial charge in [-0.25, -0.2) is 14.5 Å². The molecule has 1 spiro atoms. The first-order valence-electron chi connectivity index (χ1n) is 8.74. The average molecular weight is 319 g/mol. The largest absolute Gasteiger partial charge is 0.465 e. The van der Waals surface area contributed by atoms with Crippen LogP contribution in [-0.4, -0.2) is 61.4 Å². The van der Waals surface area contributed by atoms with Crippen LogP contribution in [0, 0.1) is 5.41 Å².